The summed E-state index contributed by atoms with van der Waals surface area (Å²) in [6.45, 7) is 3.70. The van der Waals surface area contributed by atoms with Crippen LogP contribution in [0.3, 0.4) is 0 Å². The molecule has 0 fully saturated rings. The molecule has 0 aromatic heterocycles. The van der Waals surface area contributed by atoms with Crippen molar-refractivity contribution in [2.75, 3.05) is 0 Å². The average Bonchev–Trinajstić information content (AvgIpc) is 1.65. The Kier molecular flexibility index (Phi) is 3.53. The van der Waals surface area contributed by atoms with Gasteiger partial charge in [0.2, 0.25) is 0 Å². The standard InChI is InChI=1S/C6H10ClN/c1-3-6(8)4-5(2)7/h4,8H,3H2,1-2H3/b5-4+,8-6?. The van der Waals surface area contributed by atoms with Crippen molar-refractivity contribution >= 4 is 17.3 Å². The Morgan fingerprint density at radius 1 is 1.75 bits per heavy atom. The van der Waals surface area contributed by atoms with Gasteiger partial charge in [0, 0.05) is 10.7 Å². The van der Waals surface area contributed by atoms with Gasteiger partial charge in [-0.05, 0) is 19.4 Å². The van der Waals surface area contributed by atoms with E-state index in [9.17, 15) is 0 Å². The highest BCUT2D eigenvalue weighted by molar-refractivity contribution is 6.30. The Morgan fingerprint density at radius 3 is 2.38 bits per heavy atom. The van der Waals surface area contributed by atoms with Gasteiger partial charge in [0.1, 0.15) is 0 Å². The smallest absolute Gasteiger partial charge is 0.0322 e. The molecule has 0 bridgehead atoms. The van der Waals surface area contributed by atoms with Crippen molar-refractivity contribution in [3.63, 3.8) is 0 Å². The van der Waals surface area contributed by atoms with Gasteiger partial charge in [0.05, 0.1) is 0 Å². The van der Waals surface area contributed by atoms with Gasteiger partial charge in [0.15, 0.2) is 0 Å². The molecular formula is C6H10ClN. The van der Waals surface area contributed by atoms with E-state index in [-0.39, 0.29) is 0 Å². The number of halogens is 1. The Bertz CT molecular complexity index is 112. The summed E-state index contributed by atoms with van der Waals surface area (Å²) in [5.74, 6) is 0. The van der Waals surface area contributed by atoms with Crippen LogP contribution in [0.2, 0.25) is 0 Å². The van der Waals surface area contributed by atoms with Crippen molar-refractivity contribution in [1.29, 1.82) is 5.41 Å². The first-order valence-electron chi connectivity index (χ1n) is 2.58. The number of rotatable bonds is 2. The lowest BCUT2D eigenvalue weighted by molar-refractivity contribution is 1.25. The summed E-state index contributed by atoms with van der Waals surface area (Å²) >= 11 is 5.47. The van der Waals surface area contributed by atoms with E-state index in [1.807, 2.05) is 6.92 Å². The van der Waals surface area contributed by atoms with Crippen LogP contribution in [0.25, 0.3) is 0 Å². The lowest BCUT2D eigenvalue weighted by atomic mass is 10.3. The van der Waals surface area contributed by atoms with Gasteiger partial charge in [-0.15, -0.1) is 0 Å². The number of hydrogen-bond donors (Lipinski definition) is 1. The van der Waals surface area contributed by atoms with Crippen LogP contribution >= 0.6 is 11.6 Å². The van der Waals surface area contributed by atoms with Crippen molar-refractivity contribution in [2.24, 2.45) is 0 Å². The topological polar surface area (TPSA) is 23.9 Å². The molecule has 0 aliphatic heterocycles. The van der Waals surface area contributed by atoms with Crippen LogP contribution in [-0.2, 0) is 0 Å². The second-order valence-corrected chi connectivity index (χ2v) is 2.21. The fourth-order valence-electron chi connectivity index (χ4n) is 0.342. The maximum atomic E-state index is 7.11. The van der Waals surface area contributed by atoms with E-state index >= 15 is 0 Å². The van der Waals surface area contributed by atoms with Crippen LogP contribution in [0.1, 0.15) is 20.3 Å². The summed E-state index contributed by atoms with van der Waals surface area (Å²) in [6.07, 6.45) is 2.41. The molecule has 0 atom stereocenters. The van der Waals surface area contributed by atoms with Gasteiger partial charge in [0.25, 0.3) is 0 Å². The van der Waals surface area contributed by atoms with Crippen LogP contribution in [0.5, 0.6) is 0 Å². The van der Waals surface area contributed by atoms with Gasteiger partial charge >= 0.3 is 0 Å². The third-order valence-corrected chi connectivity index (χ3v) is 0.863. The largest absolute Gasteiger partial charge is 0.305 e. The van der Waals surface area contributed by atoms with Gasteiger partial charge in [-0.3, -0.25) is 0 Å². The lowest BCUT2D eigenvalue weighted by Gasteiger charge is -1.87. The Hall–Kier alpha value is -0.300. The second-order valence-electron chi connectivity index (χ2n) is 1.61. The molecule has 8 heavy (non-hydrogen) atoms. The van der Waals surface area contributed by atoms with E-state index in [0.717, 1.165) is 6.42 Å². The van der Waals surface area contributed by atoms with Crippen molar-refractivity contribution in [3.8, 4) is 0 Å². The Morgan fingerprint density at radius 2 is 2.25 bits per heavy atom. The normalized spacial score (nSPS) is 11.6. The summed E-state index contributed by atoms with van der Waals surface area (Å²) in [4.78, 5) is 0. The lowest BCUT2D eigenvalue weighted by Crippen LogP contribution is -1.85. The molecule has 0 saturated carbocycles. The minimum absolute atomic E-state index is 0.581. The second kappa shape index (κ2) is 3.67. The van der Waals surface area contributed by atoms with Crippen molar-refractivity contribution in [2.45, 2.75) is 20.3 Å². The molecule has 0 heterocycles. The van der Waals surface area contributed by atoms with Crippen molar-refractivity contribution in [1.82, 2.24) is 0 Å². The van der Waals surface area contributed by atoms with Crippen LogP contribution < -0.4 is 0 Å². The third-order valence-electron chi connectivity index (χ3n) is 0.754. The quantitative estimate of drug-likeness (QED) is 0.557. The molecule has 46 valence electrons. The molecule has 0 rings (SSSR count). The molecule has 2 heteroatoms. The monoisotopic (exact) mass is 131 g/mol. The fraction of sp³-hybridized carbons (Fsp3) is 0.500. The molecule has 1 nitrogen and oxygen atoms in total. The number of allylic oxidation sites excluding steroid dienone is 2. The van der Waals surface area contributed by atoms with Crippen molar-refractivity contribution in [3.05, 3.63) is 11.1 Å². The van der Waals surface area contributed by atoms with E-state index < -0.39 is 0 Å². The molecule has 0 aliphatic carbocycles. The van der Waals surface area contributed by atoms with Crippen LogP contribution in [0.4, 0.5) is 0 Å². The molecule has 0 aromatic rings. The minimum atomic E-state index is 0.581. The summed E-state index contributed by atoms with van der Waals surface area (Å²) in [7, 11) is 0. The molecule has 0 saturated heterocycles. The predicted octanol–water partition coefficient (Wildman–Crippen LogP) is 2.56. The summed E-state index contributed by atoms with van der Waals surface area (Å²) in [5.41, 5.74) is 0.581. The van der Waals surface area contributed by atoms with Gasteiger partial charge < -0.3 is 5.41 Å². The van der Waals surface area contributed by atoms with E-state index in [2.05, 4.69) is 0 Å². The van der Waals surface area contributed by atoms with Gasteiger partial charge in [-0.1, -0.05) is 18.5 Å². The first kappa shape index (κ1) is 7.70. The molecule has 0 aliphatic rings. The van der Waals surface area contributed by atoms with Gasteiger partial charge in [-0.25, -0.2) is 0 Å². The number of nitrogens with one attached hydrogen (secondary N) is 1. The third kappa shape index (κ3) is 3.88. The highest BCUT2D eigenvalue weighted by Gasteiger charge is 1.84. The summed E-state index contributed by atoms with van der Waals surface area (Å²) < 4.78 is 0. The van der Waals surface area contributed by atoms with Gasteiger partial charge in [-0.2, -0.15) is 0 Å². The average molecular weight is 132 g/mol. The maximum absolute atomic E-state index is 7.11. The van der Waals surface area contributed by atoms with E-state index in [1.54, 1.807) is 13.0 Å². The summed E-state index contributed by atoms with van der Waals surface area (Å²) in [6, 6.07) is 0. The zero-order chi connectivity index (χ0) is 6.57. The highest BCUT2D eigenvalue weighted by atomic mass is 35.5. The molecule has 1 N–H and O–H groups in total. The first-order valence-corrected chi connectivity index (χ1v) is 2.95. The first-order chi connectivity index (χ1) is 3.66. The highest BCUT2D eigenvalue weighted by Crippen LogP contribution is 1.98. The zero-order valence-electron chi connectivity index (χ0n) is 5.16. The molecule has 0 unspecified atom stereocenters. The molecular weight excluding hydrogens is 122 g/mol. The minimum Gasteiger partial charge on any atom is -0.305 e. The SMILES string of the molecule is CCC(=N)/C=C(\C)Cl. The van der Waals surface area contributed by atoms with Crippen LogP contribution in [-0.4, -0.2) is 5.71 Å². The predicted molar refractivity (Wildman–Crippen MR) is 37.6 cm³/mol. The Balaban J connectivity index is 3.70. The summed E-state index contributed by atoms with van der Waals surface area (Å²) in [5, 5.41) is 7.78. The molecule has 0 radical (unpaired) electrons. The molecule has 0 aromatic carbocycles. The van der Waals surface area contributed by atoms with Crippen LogP contribution in [0.15, 0.2) is 11.1 Å². The van der Waals surface area contributed by atoms with E-state index in [4.69, 9.17) is 17.0 Å². The maximum Gasteiger partial charge on any atom is 0.0322 e. The molecule has 0 amide bonds. The number of hydrogen-bond acceptors (Lipinski definition) is 1. The fourth-order valence-corrected chi connectivity index (χ4v) is 0.474. The van der Waals surface area contributed by atoms with Crippen LogP contribution in [0, 0.1) is 5.41 Å². The van der Waals surface area contributed by atoms with E-state index in [0.29, 0.717) is 10.7 Å². The Labute approximate surface area is 54.9 Å². The molecule has 0 spiro atoms. The van der Waals surface area contributed by atoms with Crippen molar-refractivity contribution < 1.29 is 0 Å². The zero-order valence-corrected chi connectivity index (χ0v) is 5.92. The van der Waals surface area contributed by atoms with E-state index in [1.165, 1.54) is 0 Å².